The number of nitrogens with zero attached hydrogens (tertiary/aromatic N) is 3. The van der Waals surface area contributed by atoms with Crippen molar-refractivity contribution in [3.05, 3.63) is 65.4 Å². The number of rotatable bonds is 5. The lowest BCUT2D eigenvalue weighted by atomic mass is 9.96. The Balaban J connectivity index is 1.40. The van der Waals surface area contributed by atoms with Crippen LogP contribution in [0.5, 0.6) is 0 Å². The highest BCUT2D eigenvalue weighted by Gasteiger charge is 2.33. The van der Waals surface area contributed by atoms with Crippen LogP contribution in [-0.2, 0) is 16.0 Å². The number of hydrogen-bond acceptors (Lipinski definition) is 5. The van der Waals surface area contributed by atoms with Crippen LogP contribution in [0.15, 0.2) is 48.7 Å². The summed E-state index contributed by atoms with van der Waals surface area (Å²) in [6, 6.07) is 11.1. The molecule has 1 aromatic heterocycles. The average Bonchev–Trinajstić information content (AvgIpc) is 2.83. The number of anilines is 1. The maximum absolute atomic E-state index is 13.2. The molecule has 1 aliphatic carbocycles. The van der Waals surface area contributed by atoms with Crippen molar-refractivity contribution < 1.29 is 14.3 Å². The van der Waals surface area contributed by atoms with Gasteiger partial charge in [0.1, 0.15) is 11.6 Å². The van der Waals surface area contributed by atoms with E-state index in [4.69, 9.17) is 4.74 Å². The summed E-state index contributed by atoms with van der Waals surface area (Å²) in [4.78, 5) is 34.0. The lowest BCUT2D eigenvalue weighted by Gasteiger charge is -2.41. The molecule has 168 valence electrons. The molecule has 1 N–H and O–H groups in total. The molecule has 1 saturated heterocycles. The van der Waals surface area contributed by atoms with Crippen molar-refractivity contribution >= 4 is 23.4 Å². The number of fused-ring (bicyclic) bond motifs is 1. The summed E-state index contributed by atoms with van der Waals surface area (Å²) in [7, 11) is 1.86. The molecule has 1 fully saturated rings. The molecule has 0 radical (unpaired) electrons. The summed E-state index contributed by atoms with van der Waals surface area (Å²) >= 11 is 0. The van der Waals surface area contributed by atoms with E-state index in [1.165, 1.54) is 0 Å². The smallest absolute Gasteiger partial charge is 0.263 e. The van der Waals surface area contributed by atoms with E-state index in [-0.39, 0.29) is 17.9 Å². The largest absolute Gasteiger partial charge is 0.481 e. The highest BCUT2D eigenvalue weighted by Crippen LogP contribution is 2.32. The number of amides is 2. The van der Waals surface area contributed by atoms with Crippen LogP contribution in [0.4, 0.5) is 5.82 Å². The first-order chi connectivity index (χ1) is 15.5. The van der Waals surface area contributed by atoms with Gasteiger partial charge in [0.15, 0.2) is 6.10 Å². The average molecular weight is 435 g/mol. The molecule has 0 bridgehead atoms. The monoisotopic (exact) mass is 434 g/mol. The zero-order valence-corrected chi connectivity index (χ0v) is 18.9. The minimum Gasteiger partial charge on any atom is -0.481 e. The lowest BCUT2D eigenvalue weighted by molar-refractivity contribution is -0.143. The van der Waals surface area contributed by atoms with Crippen molar-refractivity contribution in [2.75, 3.05) is 32.0 Å². The number of allylic oxidation sites excluding steroid dienone is 1. The van der Waals surface area contributed by atoms with Crippen LogP contribution in [0.25, 0.3) is 5.76 Å². The van der Waals surface area contributed by atoms with Crippen molar-refractivity contribution in [2.45, 2.75) is 38.8 Å². The van der Waals surface area contributed by atoms with Crippen molar-refractivity contribution in [2.24, 2.45) is 0 Å². The molecule has 0 saturated carbocycles. The van der Waals surface area contributed by atoms with Crippen LogP contribution >= 0.6 is 0 Å². The Morgan fingerprint density at radius 3 is 2.69 bits per heavy atom. The molecule has 2 aromatic rings. The summed E-state index contributed by atoms with van der Waals surface area (Å²) in [6.45, 7) is 5.30. The Bertz CT molecular complexity index is 1020. The van der Waals surface area contributed by atoms with E-state index in [0.717, 1.165) is 35.5 Å². The maximum atomic E-state index is 13.2. The summed E-state index contributed by atoms with van der Waals surface area (Å²) in [6.07, 6.45) is 4.93. The summed E-state index contributed by atoms with van der Waals surface area (Å²) in [5.41, 5.74) is 2.78. The van der Waals surface area contributed by atoms with E-state index in [1.807, 2.05) is 66.2 Å². The molecule has 7 nitrogen and oxygen atoms in total. The Morgan fingerprint density at radius 2 is 1.97 bits per heavy atom. The van der Waals surface area contributed by atoms with Crippen molar-refractivity contribution in [1.82, 2.24) is 14.8 Å². The van der Waals surface area contributed by atoms with Gasteiger partial charge in [-0.1, -0.05) is 18.2 Å². The first-order valence-corrected chi connectivity index (χ1v) is 11.2. The minimum atomic E-state index is -0.614. The van der Waals surface area contributed by atoms with Crippen LogP contribution in [0.1, 0.15) is 41.8 Å². The molecular weight excluding hydrogens is 404 g/mol. The molecule has 1 aromatic carbocycles. The lowest BCUT2D eigenvalue weighted by Crippen LogP contribution is -2.57. The van der Waals surface area contributed by atoms with E-state index in [0.29, 0.717) is 25.2 Å². The Kier molecular flexibility index (Phi) is 6.44. The predicted molar refractivity (Wildman–Crippen MR) is 124 cm³/mol. The number of nitrogens with one attached hydrogen (secondary N) is 1. The van der Waals surface area contributed by atoms with Crippen molar-refractivity contribution in [1.29, 1.82) is 0 Å². The van der Waals surface area contributed by atoms with Crippen LogP contribution in [-0.4, -0.2) is 65.4 Å². The van der Waals surface area contributed by atoms with Crippen LogP contribution in [0, 0.1) is 0 Å². The molecule has 32 heavy (non-hydrogen) atoms. The molecule has 0 spiro atoms. The second-order valence-corrected chi connectivity index (χ2v) is 8.30. The van der Waals surface area contributed by atoms with Gasteiger partial charge in [-0.05, 0) is 51.0 Å². The number of carbonyl (C=O) groups is 2. The maximum Gasteiger partial charge on any atom is 0.263 e. The fraction of sp³-hybridized carbons (Fsp3) is 0.400. The molecule has 2 aliphatic rings. The molecule has 1 aliphatic heterocycles. The first-order valence-electron chi connectivity index (χ1n) is 11.2. The highest BCUT2D eigenvalue weighted by molar-refractivity contribution is 5.94. The normalized spacial score (nSPS) is 19.0. The van der Waals surface area contributed by atoms with Gasteiger partial charge in [0.25, 0.3) is 11.8 Å². The third kappa shape index (κ3) is 4.33. The quantitative estimate of drug-likeness (QED) is 0.782. The number of pyridine rings is 1. The Hall–Kier alpha value is -3.35. The van der Waals surface area contributed by atoms with Gasteiger partial charge >= 0.3 is 0 Å². The van der Waals surface area contributed by atoms with Gasteiger partial charge in [0.05, 0.1) is 0 Å². The SMILES string of the molecule is CNc1nccc2c1CCC=C2OC(C)C(=O)N1CCN(C(=O)c2ccccc2)CC1C. The molecule has 2 atom stereocenters. The molecule has 4 rings (SSSR count). The van der Waals surface area contributed by atoms with Crippen LogP contribution in [0.2, 0.25) is 0 Å². The van der Waals surface area contributed by atoms with E-state index in [1.54, 1.807) is 13.1 Å². The number of hydrogen-bond donors (Lipinski definition) is 1. The number of ether oxygens (including phenoxy) is 1. The Labute approximate surface area is 189 Å². The summed E-state index contributed by atoms with van der Waals surface area (Å²) < 4.78 is 6.16. The standard InChI is InChI=1S/C25H30N4O3/c1-17-16-28(25(31)19-8-5-4-6-9-19)14-15-29(17)24(30)18(2)32-22-11-7-10-21-20(22)12-13-27-23(21)26-3/h4-6,8-9,11-13,17-18H,7,10,14-16H2,1-3H3,(H,26,27). The van der Waals surface area contributed by atoms with Crippen molar-refractivity contribution in [3.63, 3.8) is 0 Å². The summed E-state index contributed by atoms with van der Waals surface area (Å²) in [5.74, 6) is 1.53. The molecule has 2 unspecified atom stereocenters. The van der Waals surface area contributed by atoms with Gasteiger partial charge in [-0.25, -0.2) is 4.98 Å². The van der Waals surface area contributed by atoms with Crippen LogP contribution in [0.3, 0.4) is 0 Å². The van der Waals surface area contributed by atoms with Crippen LogP contribution < -0.4 is 5.32 Å². The van der Waals surface area contributed by atoms with Gasteiger partial charge in [-0.2, -0.15) is 0 Å². The third-order valence-electron chi connectivity index (χ3n) is 6.15. The van der Waals surface area contributed by atoms with Gasteiger partial charge in [0.2, 0.25) is 0 Å². The minimum absolute atomic E-state index is 0.00626. The summed E-state index contributed by atoms with van der Waals surface area (Å²) in [5, 5.41) is 3.13. The topological polar surface area (TPSA) is 74.8 Å². The van der Waals surface area contributed by atoms with E-state index < -0.39 is 6.10 Å². The first kappa shape index (κ1) is 21.9. The highest BCUT2D eigenvalue weighted by atomic mass is 16.5. The van der Waals surface area contributed by atoms with E-state index >= 15 is 0 Å². The second kappa shape index (κ2) is 9.42. The second-order valence-electron chi connectivity index (χ2n) is 8.30. The molecule has 7 heteroatoms. The zero-order chi connectivity index (χ0) is 22.7. The molecule has 2 heterocycles. The predicted octanol–water partition coefficient (Wildman–Crippen LogP) is 3.19. The van der Waals surface area contributed by atoms with Crippen molar-refractivity contribution in [3.8, 4) is 0 Å². The number of carbonyl (C=O) groups excluding carboxylic acids is 2. The van der Waals surface area contributed by atoms with E-state index in [9.17, 15) is 9.59 Å². The Morgan fingerprint density at radius 1 is 1.19 bits per heavy atom. The van der Waals surface area contributed by atoms with E-state index in [2.05, 4.69) is 10.3 Å². The third-order valence-corrected chi connectivity index (χ3v) is 6.15. The van der Waals surface area contributed by atoms with Gasteiger partial charge < -0.3 is 19.9 Å². The number of aromatic nitrogens is 1. The van der Waals surface area contributed by atoms with Gasteiger partial charge in [-0.3, -0.25) is 9.59 Å². The number of benzene rings is 1. The van der Waals surface area contributed by atoms with Gasteiger partial charge in [-0.15, -0.1) is 0 Å². The van der Waals surface area contributed by atoms with Gasteiger partial charge in [0, 0.05) is 55.6 Å². The fourth-order valence-electron chi connectivity index (χ4n) is 4.47. The zero-order valence-electron chi connectivity index (χ0n) is 18.9. The molecule has 2 amide bonds. The fourth-order valence-corrected chi connectivity index (χ4v) is 4.47. The number of piperazine rings is 1. The molecular formula is C25H30N4O3.